The zero-order valence-corrected chi connectivity index (χ0v) is 10.0. The van der Waals surface area contributed by atoms with Crippen molar-refractivity contribution in [2.24, 2.45) is 10.9 Å². The van der Waals surface area contributed by atoms with Crippen LogP contribution in [0, 0.1) is 10.1 Å². The van der Waals surface area contributed by atoms with E-state index in [0.29, 0.717) is 5.56 Å². The summed E-state index contributed by atoms with van der Waals surface area (Å²) in [5, 5.41) is 19.6. The van der Waals surface area contributed by atoms with Crippen LogP contribution in [-0.4, -0.2) is 26.9 Å². The third-order valence-electron chi connectivity index (χ3n) is 2.32. The van der Waals surface area contributed by atoms with Crippen LogP contribution in [0.2, 0.25) is 0 Å². The molecule has 2 aromatic rings. The van der Waals surface area contributed by atoms with Crippen LogP contribution in [0.25, 0.3) is 0 Å². The summed E-state index contributed by atoms with van der Waals surface area (Å²) in [6.45, 7) is 0. The Kier molecular flexibility index (Phi) is 3.70. The molecular weight excluding hydrogens is 266 g/mol. The topological polar surface area (TPSA) is 136 Å². The molecule has 102 valence electrons. The summed E-state index contributed by atoms with van der Waals surface area (Å²) in [5.74, 6) is -1.07. The number of oxime groups is 1. The number of nitrogens with two attached hydrogens (primary N) is 1. The number of rotatable bonds is 4. The second-order valence-electron chi connectivity index (χ2n) is 3.61. The second-order valence-corrected chi connectivity index (χ2v) is 3.61. The largest absolute Gasteiger partial charge is 0.390 e. The van der Waals surface area contributed by atoms with Gasteiger partial charge in [0.25, 0.3) is 0 Å². The molecule has 0 fully saturated rings. The molecule has 1 aromatic heterocycles. The second kappa shape index (κ2) is 5.61. The van der Waals surface area contributed by atoms with Crippen LogP contribution in [0.1, 0.15) is 16.1 Å². The summed E-state index contributed by atoms with van der Waals surface area (Å²) < 4.78 is 0. The smallest absolute Gasteiger partial charge is 0.380 e. The van der Waals surface area contributed by atoms with E-state index < -0.39 is 22.3 Å². The summed E-state index contributed by atoms with van der Waals surface area (Å²) in [4.78, 5) is 26.0. The molecule has 0 atom stereocenters. The van der Waals surface area contributed by atoms with Gasteiger partial charge < -0.3 is 10.6 Å². The van der Waals surface area contributed by atoms with Gasteiger partial charge in [0.2, 0.25) is 5.69 Å². The van der Waals surface area contributed by atoms with Crippen molar-refractivity contribution in [1.29, 1.82) is 0 Å². The minimum absolute atomic E-state index is 0.0267. The van der Waals surface area contributed by atoms with E-state index >= 15 is 0 Å². The number of carbonyl (C=O) groups excluding carboxylic acids is 1. The Labute approximate surface area is 112 Å². The number of aromatic nitrogens is 2. The summed E-state index contributed by atoms with van der Waals surface area (Å²) in [5.41, 5.74) is 5.26. The summed E-state index contributed by atoms with van der Waals surface area (Å²) in [7, 11) is 0. The zero-order valence-electron chi connectivity index (χ0n) is 10.0. The van der Waals surface area contributed by atoms with E-state index in [9.17, 15) is 14.9 Å². The Balaban J connectivity index is 2.13. The van der Waals surface area contributed by atoms with Crippen LogP contribution in [0.15, 0.2) is 41.7 Å². The number of amidine groups is 1. The standard InChI is InChI=1S/C11H9N5O4/c12-10(7-4-2-1-3-5-7)15-20-11(17)9-8(16(18)19)6-13-14-9/h1-6H,(H2,12,15)(H,13,14). The Bertz CT molecular complexity index is 664. The van der Waals surface area contributed by atoms with Gasteiger partial charge in [0.15, 0.2) is 5.84 Å². The first-order chi connectivity index (χ1) is 9.59. The fraction of sp³-hybridized carbons (Fsp3) is 0. The van der Waals surface area contributed by atoms with Crippen LogP contribution in [0.4, 0.5) is 5.69 Å². The lowest BCUT2D eigenvalue weighted by Gasteiger charge is -1.99. The van der Waals surface area contributed by atoms with E-state index in [2.05, 4.69) is 20.2 Å². The van der Waals surface area contributed by atoms with Crippen molar-refractivity contribution in [3.63, 3.8) is 0 Å². The first-order valence-corrected chi connectivity index (χ1v) is 5.37. The normalized spacial score (nSPS) is 11.1. The van der Waals surface area contributed by atoms with Crippen LogP contribution in [0.5, 0.6) is 0 Å². The maximum Gasteiger partial charge on any atom is 0.390 e. The lowest BCUT2D eigenvalue weighted by atomic mass is 10.2. The molecule has 0 unspecified atom stereocenters. The van der Waals surface area contributed by atoms with E-state index in [-0.39, 0.29) is 5.84 Å². The first-order valence-electron chi connectivity index (χ1n) is 5.37. The van der Waals surface area contributed by atoms with Gasteiger partial charge in [-0.2, -0.15) is 5.10 Å². The number of hydrogen-bond acceptors (Lipinski definition) is 6. The van der Waals surface area contributed by atoms with Crippen LogP contribution >= 0.6 is 0 Å². The van der Waals surface area contributed by atoms with E-state index in [4.69, 9.17) is 5.73 Å². The molecule has 0 spiro atoms. The zero-order chi connectivity index (χ0) is 14.5. The number of nitrogens with zero attached hydrogens (tertiary/aromatic N) is 3. The average molecular weight is 275 g/mol. The maximum absolute atomic E-state index is 11.6. The molecule has 1 aromatic carbocycles. The summed E-state index contributed by atoms with van der Waals surface area (Å²) in [6, 6.07) is 8.60. The molecule has 0 radical (unpaired) electrons. The first kappa shape index (κ1) is 13.2. The highest BCUT2D eigenvalue weighted by atomic mass is 16.7. The van der Waals surface area contributed by atoms with E-state index in [1.807, 2.05) is 0 Å². The summed E-state index contributed by atoms with van der Waals surface area (Å²) >= 11 is 0. The number of aromatic amines is 1. The molecule has 0 aliphatic carbocycles. The molecule has 0 amide bonds. The average Bonchev–Trinajstić information content (AvgIpc) is 2.95. The Morgan fingerprint density at radius 1 is 1.40 bits per heavy atom. The monoisotopic (exact) mass is 275 g/mol. The van der Waals surface area contributed by atoms with Crippen LogP contribution < -0.4 is 5.73 Å². The minimum atomic E-state index is -1.05. The molecule has 0 saturated heterocycles. The number of H-pyrrole nitrogens is 1. The minimum Gasteiger partial charge on any atom is -0.380 e. The predicted molar refractivity (Wildman–Crippen MR) is 67.8 cm³/mol. The summed E-state index contributed by atoms with van der Waals surface area (Å²) in [6.07, 6.45) is 0.904. The highest BCUT2D eigenvalue weighted by Crippen LogP contribution is 2.15. The Morgan fingerprint density at radius 3 is 2.75 bits per heavy atom. The van der Waals surface area contributed by atoms with Crippen molar-refractivity contribution in [3.05, 3.63) is 57.9 Å². The Morgan fingerprint density at radius 2 is 2.10 bits per heavy atom. The van der Waals surface area contributed by atoms with E-state index in [0.717, 1.165) is 6.20 Å². The lowest BCUT2D eigenvalue weighted by molar-refractivity contribution is -0.385. The van der Waals surface area contributed by atoms with Gasteiger partial charge in [-0.3, -0.25) is 15.2 Å². The van der Waals surface area contributed by atoms with Crippen molar-refractivity contribution in [2.75, 3.05) is 0 Å². The molecule has 9 nitrogen and oxygen atoms in total. The molecule has 0 bridgehead atoms. The number of hydrogen-bond donors (Lipinski definition) is 2. The molecule has 20 heavy (non-hydrogen) atoms. The van der Waals surface area contributed by atoms with Crippen molar-refractivity contribution in [1.82, 2.24) is 10.2 Å². The van der Waals surface area contributed by atoms with Crippen LogP contribution in [-0.2, 0) is 4.84 Å². The SMILES string of the molecule is N/C(=N\OC(=O)c1[nH]ncc1[N+](=O)[O-])c1ccccc1. The van der Waals surface area contributed by atoms with Gasteiger partial charge in [0, 0.05) is 5.56 Å². The van der Waals surface area contributed by atoms with Gasteiger partial charge in [-0.05, 0) is 0 Å². The maximum atomic E-state index is 11.6. The van der Waals surface area contributed by atoms with Crippen molar-refractivity contribution >= 4 is 17.5 Å². The number of nitro groups is 1. The number of nitrogens with one attached hydrogen (secondary N) is 1. The third kappa shape index (κ3) is 2.77. The lowest BCUT2D eigenvalue weighted by Crippen LogP contribution is -2.15. The van der Waals surface area contributed by atoms with Gasteiger partial charge in [-0.1, -0.05) is 35.5 Å². The molecular formula is C11H9N5O4. The van der Waals surface area contributed by atoms with Gasteiger partial charge in [0.05, 0.1) is 4.92 Å². The van der Waals surface area contributed by atoms with Gasteiger partial charge in [0.1, 0.15) is 6.20 Å². The van der Waals surface area contributed by atoms with Crippen LogP contribution in [0.3, 0.4) is 0 Å². The molecule has 0 saturated carbocycles. The molecule has 9 heteroatoms. The number of benzene rings is 1. The predicted octanol–water partition coefficient (Wildman–Crippen LogP) is 0.795. The fourth-order valence-electron chi connectivity index (χ4n) is 1.37. The van der Waals surface area contributed by atoms with Crippen molar-refractivity contribution < 1.29 is 14.6 Å². The van der Waals surface area contributed by atoms with Gasteiger partial charge in [-0.25, -0.2) is 4.79 Å². The molecule has 0 aliphatic rings. The van der Waals surface area contributed by atoms with Gasteiger partial charge in [-0.15, -0.1) is 0 Å². The highest BCUT2D eigenvalue weighted by Gasteiger charge is 2.24. The molecule has 2 rings (SSSR count). The van der Waals surface area contributed by atoms with Crippen molar-refractivity contribution in [3.8, 4) is 0 Å². The molecule has 3 N–H and O–H groups in total. The van der Waals surface area contributed by atoms with E-state index in [1.165, 1.54) is 0 Å². The van der Waals surface area contributed by atoms with Crippen molar-refractivity contribution in [2.45, 2.75) is 0 Å². The van der Waals surface area contributed by atoms with Gasteiger partial charge >= 0.3 is 11.7 Å². The fourth-order valence-corrected chi connectivity index (χ4v) is 1.37. The van der Waals surface area contributed by atoms with E-state index in [1.54, 1.807) is 30.3 Å². The quantitative estimate of drug-likeness (QED) is 0.278. The highest BCUT2D eigenvalue weighted by molar-refractivity contribution is 5.98. The number of carbonyl (C=O) groups is 1. The molecule has 0 aliphatic heterocycles. The molecule has 1 heterocycles. The third-order valence-corrected chi connectivity index (χ3v) is 2.32. The Hall–Kier alpha value is -3.23.